The molecule has 6 nitrogen and oxygen atoms in total. The molecule has 0 radical (unpaired) electrons. The quantitative estimate of drug-likeness (QED) is 0.608. The van der Waals surface area contributed by atoms with E-state index in [0.29, 0.717) is 11.0 Å². The number of nitrogens with zero attached hydrogens (tertiary/aromatic N) is 2. The maximum absolute atomic E-state index is 12.3. The predicted molar refractivity (Wildman–Crippen MR) is 78.7 cm³/mol. The molecule has 0 bridgehead atoms. The molecule has 7 heteroatoms. The summed E-state index contributed by atoms with van der Waals surface area (Å²) in [6.45, 7) is 2.62. The van der Waals surface area contributed by atoms with Crippen LogP contribution in [0.3, 0.4) is 0 Å². The SMILES string of the molecule is CCCCN(CCO)C(=O)c1cc(Br)cc([N+](=O)[O-])c1. The van der Waals surface area contributed by atoms with E-state index in [1.807, 2.05) is 6.92 Å². The summed E-state index contributed by atoms with van der Waals surface area (Å²) in [5.74, 6) is -0.308. The first-order valence-corrected chi connectivity index (χ1v) is 7.14. The molecule has 1 aromatic rings. The van der Waals surface area contributed by atoms with Gasteiger partial charge in [0.15, 0.2) is 0 Å². The van der Waals surface area contributed by atoms with Gasteiger partial charge in [0, 0.05) is 35.3 Å². The summed E-state index contributed by atoms with van der Waals surface area (Å²) in [5.41, 5.74) is 0.109. The Labute approximate surface area is 125 Å². The Morgan fingerprint density at radius 1 is 1.40 bits per heavy atom. The molecule has 0 unspecified atom stereocenters. The molecule has 1 aromatic carbocycles. The number of amides is 1. The van der Waals surface area contributed by atoms with Gasteiger partial charge in [-0.3, -0.25) is 14.9 Å². The molecule has 20 heavy (non-hydrogen) atoms. The molecular formula is C13H17BrN2O4. The standard InChI is InChI=1S/C13H17BrN2O4/c1-2-3-4-15(5-6-17)13(18)10-7-11(14)9-12(8-10)16(19)20/h7-9,17H,2-6H2,1H3. The highest BCUT2D eigenvalue weighted by atomic mass is 79.9. The summed E-state index contributed by atoms with van der Waals surface area (Å²) >= 11 is 3.17. The highest BCUT2D eigenvalue weighted by Crippen LogP contribution is 2.22. The maximum Gasteiger partial charge on any atom is 0.271 e. The maximum atomic E-state index is 12.3. The van der Waals surface area contributed by atoms with Crippen LogP contribution in [0.25, 0.3) is 0 Å². The van der Waals surface area contributed by atoms with Crippen LogP contribution in [0.15, 0.2) is 22.7 Å². The van der Waals surface area contributed by atoms with Crippen LogP contribution in [0, 0.1) is 10.1 Å². The molecule has 0 spiro atoms. The third-order valence-corrected chi connectivity index (χ3v) is 3.24. The summed E-state index contributed by atoms with van der Waals surface area (Å²) < 4.78 is 0.481. The van der Waals surface area contributed by atoms with E-state index < -0.39 is 4.92 Å². The fourth-order valence-corrected chi connectivity index (χ4v) is 2.25. The number of hydrogen-bond donors (Lipinski definition) is 1. The number of halogens is 1. The highest BCUT2D eigenvalue weighted by Gasteiger charge is 2.18. The van der Waals surface area contributed by atoms with Gasteiger partial charge in [-0.15, -0.1) is 0 Å². The van der Waals surface area contributed by atoms with Crippen LogP contribution in [0.5, 0.6) is 0 Å². The second-order valence-electron chi connectivity index (χ2n) is 4.32. The van der Waals surface area contributed by atoms with Gasteiger partial charge in [-0.05, 0) is 12.5 Å². The van der Waals surface area contributed by atoms with E-state index in [2.05, 4.69) is 15.9 Å². The molecule has 0 fully saturated rings. The van der Waals surface area contributed by atoms with E-state index in [-0.39, 0.29) is 30.3 Å². The van der Waals surface area contributed by atoms with Gasteiger partial charge in [0.1, 0.15) is 0 Å². The Bertz CT molecular complexity index is 493. The van der Waals surface area contributed by atoms with Crippen molar-refractivity contribution in [1.82, 2.24) is 4.90 Å². The average molecular weight is 345 g/mol. The molecule has 0 saturated heterocycles. The fourth-order valence-electron chi connectivity index (χ4n) is 1.77. The van der Waals surface area contributed by atoms with E-state index >= 15 is 0 Å². The van der Waals surface area contributed by atoms with Crippen LogP contribution in [0.4, 0.5) is 5.69 Å². The van der Waals surface area contributed by atoms with E-state index in [4.69, 9.17) is 5.11 Å². The van der Waals surface area contributed by atoms with Gasteiger partial charge in [0.05, 0.1) is 11.5 Å². The first kappa shape index (κ1) is 16.6. The van der Waals surface area contributed by atoms with Gasteiger partial charge < -0.3 is 10.0 Å². The number of aliphatic hydroxyl groups is 1. The van der Waals surface area contributed by atoms with Gasteiger partial charge >= 0.3 is 0 Å². The van der Waals surface area contributed by atoms with Crippen LogP contribution >= 0.6 is 15.9 Å². The Kier molecular flexibility index (Phi) is 6.60. The minimum absolute atomic E-state index is 0.133. The Morgan fingerprint density at radius 3 is 2.65 bits per heavy atom. The van der Waals surface area contributed by atoms with Crippen molar-refractivity contribution in [3.05, 3.63) is 38.3 Å². The summed E-state index contributed by atoms with van der Waals surface area (Å²) in [7, 11) is 0. The lowest BCUT2D eigenvalue weighted by molar-refractivity contribution is -0.385. The first-order valence-electron chi connectivity index (χ1n) is 6.34. The van der Waals surface area contributed by atoms with Crippen LogP contribution in [0.1, 0.15) is 30.1 Å². The lowest BCUT2D eigenvalue weighted by atomic mass is 10.1. The Balaban J connectivity index is 3.01. The zero-order valence-electron chi connectivity index (χ0n) is 11.2. The number of aliphatic hydroxyl groups excluding tert-OH is 1. The smallest absolute Gasteiger partial charge is 0.271 e. The van der Waals surface area contributed by atoms with Crippen molar-refractivity contribution in [3.8, 4) is 0 Å². The normalized spacial score (nSPS) is 10.3. The van der Waals surface area contributed by atoms with Gasteiger partial charge in [-0.25, -0.2) is 0 Å². The van der Waals surface area contributed by atoms with E-state index in [1.165, 1.54) is 17.0 Å². The Morgan fingerprint density at radius 2 is 2.10 bits per heavy atom. The van der Waals surface area contributed by atoms with Gasteiger partial charge in [0.25, 0.3) is 11.6 Å². The lowest BCUT2D eigenvalue weighted by Gasteiger charge is -2.21. The zero-order chi connectivity index (χ0) is 15.1. The minimum atomic E-state index is -0.538. The van der Waals surface area contributed by atoms with Crippen molar-refractivity contribution >= 4 is 27.5 Å². The third kappa shape index (κ3) is 4.57. The van der Waals surface area contributed by atoms with Crippen LogP contribution in [-0.2, 0) is 0 Å². The molecule has 1 rings (SSSR count). The van der Waals surface area contributed by atoms with E-state index in [1.54, 1.807) is 6.07 Å². The number of hydrogen-bond acceptors (Lipinski definition) is 4. The van der Waals surface area contributed by atoms with E-state index in [0.717, 1.165) is 12.8 Å². The predicted octanol–water partition coefficient (Wildman–Crippen LogP) is 2.59. The third-order valence-electron chi connectivity index (χ3n) is 2.78. The minimum Gasteiger partial charge on any atom is -0.395 e. The molecule has 0 heterocycles. The summed E-state index contributed by atoms with van der Waals surface area (Å²) in [6.07, 6.45) is 1.75. The van der Waals surface area contributed by atoms with Gasteiger partial charge in [-0.2, -0.15) is 0 Å². The molecule has 1 N–H and O–H groups in total. The first-order chi connectivity index (χ1) is 9.49. The van der Waals surface area contributed by atoms with Crippen molar-refractivity contribution in [2.24, 2.45) is 0 Å². The number of benzene rings is 1. The van der Waals surface area contributed by atoms with Crippen LogP contribution in [-0.4, -0.2) is 40.5 Å². The largest absolute Gasteiger partial charge is 0.395 e. The fraction of sp³-hybridized carbons (Fsp3) is 0.462. The van der Waals surface area contributed by atoms with Crippen molar-refractivity contribution in [2.75, 3.05) is 19.7 Å². The summed E-state index contributed by atoms with van der Waals surface area (Å²) in [5, 5.41) is 19.8. The summed E-state index contributed by atoms with van der Waals surface area (Å²) in [6, 6.07) is 4.15. The number of carbonyl (C=O) groups excluding carboxylic acids is 1. The van der Waals surface area contributed by atoms with Crippen LogP contribution < -0.4 is 0 Å². The summed E-state index contributed by atoms with van der Waals surface area (Å²) in [4.78, 5) is 24.1. The molecule has 0 aromatic heterocycles. The molecule has 1 amide bonds. The van der Waals surface area contributed by atoms with Crippen molar-refractivity contribution in [3.63, 3.8) is 0 Å². The van der Waals surface area contributed by atoms with Crippen LogP contribution in [0.2, 0.25) is 0 Å². The average Bonchev–Trinajstić information content (AvgIpc) is 2.42. The second-order valence-corrected chi connectivity index (χ2v) is 5.24. The number of rotatable bonds is 7. The zero-order valence-corrected chi connectivity index (χ0v) is 12.8. The number of nitro groups is 1. The number of nitro benzene ring substituents is 1. The molecule has 0 saturated carbocycles. The monoisotopic (exact) mass is 344 g/mol. The molecule has 0 aliphatic heterocycles. The van der Waals surface area contributed by atoms with Crippen molar-refractivity contribution in [1.29, 1.82) is 0 Å². The number of non-ortho nitro benzene ring substituents is 1. The molecule has 0 aliphatic rings. The molecule has 110 valence electrons. The van der Waals surface area contributed by atoms with Crippen molar-refractivity contribution in [2.45, 2.75) is 19.8 Å². The lowest BCUT2D eigenvalue weighted by Crippen LogP contribution is -2.34. The number of unbranched alkanes of at least 4 members (excludes halogenated alkanes) is 1. The Hall–Kier alpha value is -1.47. The van der Waals surface area contributed by atoms with Crippen molar-refractivity contribution < 1.29 is 14.8 Å². The second kappa shape index (κ2) is 7.96. The molecular weight excluding hydrogens is 328 g/mol. The van der Waals surface area contributed by atoms with E-state index in [9.17, 15) is 14.9 Å². The molecule has 0 atom stereocenters. The number of carbonyl (C=O) groups is 1. The van der Waals surface area contributed by atoms with Gasteiger partial charge in [-0.1, -0.05) is 29.3 Å². The highest BCUT2D eigenvalue weighted by molar-refractivity contribution is 9.10. The topological polar surface area (TPSA) is 83.7 Å². The molecule has 0 aliphatic carbocycles. The van der Waals surface area contributed by atoms with Gasteiger partial charge in [0.2, 0.25) is 0 Å².